The summed E-state index contributed by atoms with van der Waals surface area (Å²) in [5.74, 6) is 2.84. The second-order valence-corrected chi connectivity index (χ2v) is 5.07. The van der Waals surface area contributed by atoms with Crippen molar-refractivity contribution in [3.05, 3.63) is 65.7 Å². The van der Waals surface area contributed by atoms with E-state index in [1.807, 2.05) is 18.2 Å². The third kappa shape index (κ3) is 3.15. The quantitative estimate of drug-likeness (QED) is 0.562. The van der Waals surface area contributed by atoms with Crippen molar-refractivity contribution in [2.45, 2.75) is 17.1 Å². The van der Waals surface area contributed by atoms with Crippen LogP contribution < -0.4 is 0 Å². The normalized spacial score (nSPS) is 11.8. The van der Waals surface area contributed by atoms with Crippen molar-refractivity contribution in [2.75, 3.05) is 0 Å². The molecule has 2 aromatic rings. The van der Waals surface area contributed by atoms with E-state index in [0.717, 1.165) is 0 Å². The van der Waals surface area contributed by atoms with Crippen LogP contribution in [0.15, 0.2) is 59.5 Å². The molecule has 2 aromatic carbocycles. The molecule has 0 N–H and O–H groups in total. The topological polar surface area (TPSA) is 0 Å². The number of rotatable bonds is 3. The van der Waals surface area contributed by atoms with Gasteiger partial charge in [-0.3, -0.25) is 0 Å². The number of hydrogen-bond acceptors (Lipinski definition) is 1. The molecular weight excluding hydrogens is 224 g/mol. The highest BCUT2D eigenvalue weighted by molar-refractivity contribution is 7.99. The molecule has 0 amide bonds. The first-order valence-corrected chi connectivity index (χ1v) is 6.42. The first-order valence-electron chi connectivity index (χ1n) is 5.54. The summed E-state index contributed by atoms with van der Waals surface area (Å²) >= 11 is 1.71. The minimum absolute atomic E-state index is 0.0823. The van der Waals surface area contributed by atoms with Gasteiger partial charge in [0.15, 0.2) is 0 Å². The summed E-state index contributed by atoms with van der Waals surface area (Å²) in [6.07, 6.45) is 5.61. The zero-order valence-corrected chi connectivity index (χ0v) is 10.6. The third-order valence-electron chi connectivity index (χ3n) is 2.53. The van der Waals surface area contributed by atoms with Gasteiger partial charge in [0.25, 0.3) is 0 Å². The van der Waals surface area contributed by atoms with Crippen molar-refractivity contribution < 1.29 is 0 Å². The van der Waals surface area contributed by atoms with Crippen LogP contribution in [0.1, 0.15) is 16.4 Å². The molecule has 2 rings (SSSR count). The second kappa shape index (κ2) is 5.61. The molecule has 1 atom stereocenters. The van der Waals surface area contributed by atoms with Crippen molar-refractivity contribution in [3.63, 3.8) is 0 Å². The van der Waals surface area contributed by atoms with Crippen LogP contribution in [-0.4, -0.2) is 0 Å². The number of aryl methyl sites for hydroxylation is 1. The average Bonchev–Trinajstić information content (AvgIpc) is 2.39. The monoisotopic (exact) mass is 238 g/mol. The minimum Gasteiger partial charge on any atom is -0.119 e. The van der Waals surface area contributed by atoms with Gasteiger partial charge in [0.1, 0.15) is 0 Å². The van der Waals surface area contributed by atoms with Gasteiger partial charge >= 0.3 is 0 Å². The van der Waals surface area contributed by atoms with E-state index in [9.17, 15) is 0 Å². The van der Waals surface area contributed by atoms with Crippen LogP contribution >= 0.6 is 11.8 Å². The fourth-order valence-electron chi connectivity index (χ4n) is 1.58. The van der Waals surface area contributed by atoms with E-state index in [1.54, 1.807) is 11.8 Å². The molecule has 0 fully saturated rings. The minimum atomic E-state index is 0.0823. The highest BCUT2D eigenvalue weighted by atomic mass is 32.2. The molecule has 0 aliphatic rings. The van der Waals surface area contributed by atoms with Crippen molar-refractivity contribution in [3.8, 4) is 12.3 Å². The van der Waals surface area contributed by atoms with Crippen LogP contribution in [0.25, 0.3) is 0 Å². The van der Waals surface area contributed by atoms with E-state index in [-0.39, 0.29) is 5.25 Å². The summed E-state index contributed by atoms with van der Waals surface area (Å²) in [5.41, 5.74) is 2.45. The molecule has 0 radical (unpaired) electrons. The maximum atomic E-state index is 5.61. The highest BCUT2D eigenvalue weighted by Crippen LogP contribution is 2.34. The molecule has 0 saturated carbocycles. The highest BCUT2D eigenvalue weighted by Gasteiger charge is 2.09. The van der Waals surface area contributed by atoms with Crippen LogP contribution in [0.4, 0.5) is 0 Å². The Morgan fingerprint density at radius 2 is 1.65 bits per heavy atom. The second-order valence-electron chi connectivity index (χ2n) is 3.89. The lowest BCUT2D eigenvalue weighted by Gasteiger charge is -2.10. The van der Waals surface area contributed by atoms with Gasteiger partial charge in [0.05, 0.1) is 5.25 Å². The van der Waals surface area contributed by atoms with Gasteiger partial charge in [-0.15, -0.1) is 18.2 Å². The number of thioether (sulfide) groups is 1. The molecule has 0 aromatic heterocycles. The molecule has 0 aliphatic heterocycles. The molecule has 84 valence electrons. The average molecular weight is 238 g/mol. The van der Waals surface area contributed by atoms with Gasteiger partial charge in [-0.1, -0.05) is 53.9 Å². The zero-order valence-electron chi connectivity index (χ0n) is 9.76. The van der Waals surface area contributed by atoms with E-state index in [0.29, 0.717) is 0 Å². The number of hydrogen-bond donors (Lipinski definition) is 0. The number of benzene rings is 2. The Labute approximate surface area is 107 Å². The molecule has 0 heterocycles. The van der Waals surface area contributed by atoms with Crippen LogP contribution in [0.3, 0.4) is 0 Å². The molecule has 1 unspecified atom stereocenters. The van der Waals surface area contributed by atoms with Gasteiger partial charge < -0.3 is 0 Å². The van der Waals surface area contributed by atoms with E-state index in [4.69, 9.17) is 6.42 Å². The summed E-state index contributed by atoms with van der Waals surface area (Å²) in [6, 6.07) is 18.7. The summed E-state index contributed by atoms with van der Waals surface area (Å²) < 4.78 is 0. The summed E-state index contributed by atoms with van der Waals surface area (Å²) in [4.78, 5) is 1.21. The van der Waals surface area contributed by atoms with Crippen molar-refractivity contribution >= 4 is 11.8 Å². The zero-order chi connectivity index (χ0) is 12.1. The molecule has 0 aliphatic carbocycles. The molecular formula is C16H14S. The third-order valence-corrected chi connectivity index (χ3v) is 3.72. The largest absolute Gasteiger partial charge is 0.119 e. The molecule has 0 saturated heterocycles. The van der Waals surface area contributed by atoms with Crippen LogP contribution in [0.5, 0.6) is 0 Å². The van der Waals surface area contributed by atoms with E-state index < -0.39 is 0 Å². The summed E-state index contributed by atoms with van der Waals surface area (Å²) in [7, 11) is 0. The van der Waals surface area contributed by atoms with Gasteiger partial charge in [-0.2, -0.15) is 0 Å². The Hall–Kier alpha value is -1.65. The van der Waals surface area contributed by atoms with E-state index in [2.05, 4.69) is 49.2 Å². The standard InChI is InChI=1S/C16H14S/c1-3-16(14-7-5-4-6-8-14)17-15-11-9-13(2)10-12-15/h1,4-12,16H,2H3. The van der Waals surface area contributed by atoms with Crippen molar-refractivity contribution in [1.82, 2.24) is 0 Å². The van der Waals surface area contributed by atoms with Gasteiger partial charge in [0, 0.05) is 4.90 Å². The summed E-state index contributed by atoms with van der Waals surface area (Å²) in [5, 5.41) is 0.0823. The maximum Gasteiger partial charge on any atom is 0.0950 e. The van der Waals surface area contributed by atoms with Crippen molar-refractivity contribution in [2.24, 2.45) is 0 Å². The first-order chi connectivity index (χ1) is 8.29. The van der Waals surface area contributed by atoms with Crippen LogP contribution in [0.2, 0.25) is 0 Å². The smallest absolute Gasteiger partial charge is 0.0950 e. The first kappa shape index (κ1) is 11.8. The SMILES string of the molecule is C#CC(Sc1ccc(C)cc1)c1ccccc1. The van der Waals surface area contributed by atoms with Gasteiger partial charge in [-0.05, 0) is 24.6 Å². The maximum absolute atomic E-state index is 5.61. The lowest BCUT2D eigenvalue weighted by Crippen LogP contribution is -1.89. The van der Waals surface area contributed by atoms with E-state index in [1.165, 1.54) is 16.0 Å². The van der Waals surface area contributed by atoms with Crippen LogP contribution in [-0.2, 0) is 0 Å². The molecule has 0 spiro atoms. The predicted octanol–water partition coefficient (Wildman–Crippen LogP) is 4.46. The number of terminal acetylenes is 1. The molecule has 0 nitrogen and oxygen atoms in total. The lowest BCUT2D eigenvalue weighted by atomic mass is 10.2. The van der Waals surface area contributed by atoms with Crippen molar-refractivity contribution in [1.29, 1.82) is 0 Å². The molecule has 17 heavy (non-hydrogen) atoms. The van der Waals surface area contributed by atoms with Gasteiger partial charge in [-0.25, -0.2) is 0 Å². The fraction of sp³-hybridized carbons (Fsp3) is 0.125. The summed E-state index contributed by atoms with van der Waals surface area (Å²) in [6.45, 7) is 2.09. The Kier molecular flexibility index (Phi) is 3.90. The Balaban J connectivity index is 2.17. The lowest BCUT2D eigenvalue weighted by molar-refractivity contribution is 1.26. The molecule has 1 heteroatoms. The molecule has 0 bridgehead atoms. The Morgan fingerprint density at radius 3 is 2.24 bits per heavy atom. The van der Waals surface area contributed by atoms with E-state index >= 15 is 0 Å². The predicted molar refractivity (Wildman–Crippen MR) is 75.1 cm³/mol. The van der Waals surface area contributed by atoms with Crippen LogP contribution in [0, 0.1) is 19.3 Å². The Bertz CT molecular complexity index is 505. The Morgan fingerprint density at radius 1 is 1.00 bits per heavy atom. The van der Waals surface area contributed by atoms with Gasteiger partial charge in [0.2, 0.25) is 0 Å². The fourth-order valence-corrected chi connectivity index (χ4v) is 2.51.